The van der Waals surface area contributed by atoms with Crippen LogP contribution in [-0.2, 0) is 22.6 Å². The number of carbonyl (C=O) groups is 2. The number of methoxy groups -OCH3 is 1. The number of anilines is 1. The highest BCUT2D eigenvalue weighted by Crippen LogP contribution is 2.20. The van der Waals surface area contributed by atoms with E-state index in [0.717, 1.165) is 5.75 Å². The highest BCUT2D eigenvalue weighted by Gasteiger charge is 2.16. The van der Waals surface area contributed by atoms with E-state index in [4.69, 9.17) is 10.5 Å². The lowest BCUT2D eigenvalue weighted by molar-refractivity contribution is -0.118. The average molecular weight is 391 g/mol. The van der Waals surface area contributed by atoms with Crippen molar-refractivity contribution < 1.29 is 14.3 Å². The van der Waals surface area contributed by atoms with E-state index in [1.807, 2.05) is 4.57 Å². The summed E-state index contributed by atoms with van der Waals surface area (Å²) in [5, 5.41) is 11.8. The Labute approximate surface area is 162 Å². The maximum absolute atomic E-state index is 12.2. The highest BCUT2D eigenvalue weighted by molar-refractivity contribution is 7.99. The van der Waals surface area contributed by atoms with Crippen LogP contribution in [-0.4, -0.2) is 39.4 Å². The molecule has 27 heavy (non-hydrogen) atoms. The number of primary amides is 1. The van der Waals surface area contributed by atoms with Crippen LogP contribution in [0.1, 0.15) is 26.1 Å². The zero-order valence-electron chi connectivity index (χ0n) is 15.8. The number of carbonyl (C=O) groups excluding carboxylic acids is 2. The fourth-order valence-electron chi connectivity index (χ4n) is 2.40. The SMILES string of the molecule is COc1ccc(NC(=O)CSc2nnc(CCC(N)=O)n2CC(C)C)cc1. The van der Waals surface area contributed by atoms with E-state index in [2.05, 4.69) is 29.4 Å². The van der Waals surface area contributed by atoms with Gasteiger partial charge in [-0.2, -0.15) is 0 Å². The van der Waals surface area contributed by atoms with Crippen LogP contribution in [0.4, 0.5) is 5.69 Å². The van der Waals surface area contributed by atoms with E-state index in [0.29, 0.717) is 35.6 Å². The molecular weight excluding hydrogens is 366 g/mol. The van der Waals surface area contributed by atoms with Gasteiger partial charge in [0.05, 0.1) is 12.9 Å². The number of rotatable bonds is 10. The Morgan fingerprint density at radius 1 is 1.26 bits per heavy atom. The Morgan fingerprint density at radius 3 is 2.56 bits per heavy atom. The molecule has 0 fully saturated rings. The Hall–Kier alpha value is -2.55. The van der Waals surface area contributed by atoms with Crippen LogP contribution in [0, 0.1) is 5.92 Å². The highest BCUT2D eigenvalue weighted by atomic mass is 32.2. The lowest BCUT2D eigenvalue weighted by atomic mass is 10.2. The summed E-state index contributed by atoms with van der Waals surface area (Å²) in [7, 11) is 1.59. The van der Waals surface area contributed by atoms with E-state index in [9.17, 15) is 9.59 Å². The molecule has 0 aliphatic rings. The number of hydrogen-bond acceptors (Lipinski definition) is 6. The zero-order valence-corrected chi connectivity index (χ0v) is 16.6. The van der Waals surface area contributed by atoms with Gasteiger partial charge in [-0.15, -0.1) is 10.2 Å². The van der Waals surface area contributed by atoms with E-state index in [-0.39, 0.29) is 24.0 Å². The molecule has 8 nitrogen and oxygen atoms in total. The van der Waals surface area contributed by atoms with Crippen LogP contribution in [0.25, 0.3) is 0 Å². The van der Waals surface area contributed by atoms with Crippen LogP contribution in [0.3, 0.4) is 0 Å². The van der Waals surface area contributed by atoms with Gasteiger partial charge in [0.1, 0.15) is 11.6 Å². The minimum absolute atomic E-state index is 0.136. The lowest BCUT2D eigenvalue weighted by Crippen LogP contribution is -2.16. The van der Waals surface area contributed by atoms with Crippen LogP contribution >= 0.6 is 11.8 Å². The van der Waals surface area contributed by atoms with Crippen molar-refractivity contribution in [3.05, 3.63) is 30.1 Å². The molecule has 0 spiro atoms. The summed E-state index contributed by atoms with van der Waals surface area (Å²) in [6.07, 6.45) is 0.659. The Balaban J connectivity index is 1.98. The number of nitrogens with zero attached hydrogens (tertiary/aromatic N) is 3. The van der Waals surface area contributed by atoms with Gasteiger partial charge in [0.15, 0.2) is 5.16 Å². The minimum Gasteiger partial charge on any atom is -0.497 e. The number of benzene rings is 1. The van der Waals surface area contributed by atoms with E-state index in [1.165, 1.54) is 11.8 Å². The van der Waals surface area contributed by atoms with Gasteiger partial charge in [0, 0.05) is 25.1 Å². The summed E-state index contributed by atoms with van der Waals surface area (Å²) in [5.41, 5.74) is 5.93. The number of amides is 2. The van der Waals surface area contributed by atoms with Gasteiger partial charge in [-0.3, -0.25) is 9.59 Å². The molecule has 0 radical (unpaired) electrons. The maximum atomic E-state index is 12.2. The summed E-state index contributed by atoms with van der Waals surface area (Å²) in [5.74, 6) is 1.51. The van der Waals surface area contributed by atoms with E-state index in [1.54, 1.807) is 31.4 Å². The molecule has 1 heterocycles. The quantitative estimate of drug-likeness (QED) is 0.600. The largest absolute Gasteiger partial charge is 0.497 e. The number of aromatic nitrogens is 3. The van der Waals surface area contributed by atoms with E-state index < -0.39 is 0 Å². The van der Waals surface area contributed by atoms with Crippen LogP contribution in [0.5, 0.6) is 5.75 Å². The lowest BCUT2D eigenvalue weighted by Gasteiger charge is -2.12. The first-order valence-corrected chi connectivity index (χ1v) is 9.64. The summed E-state index contributed by atoms with van der Waals surface area (Å²) >= 11 is 1.32. The monoisotopic (exact) mass is 391 g/mol. The van der Waals surface area contributed by atoms with Gasteiger partial charge in [0.2, 0.25) is 11.8 Å². The van der Waals surface area contributed by atoms with Crippen molar-refractivity contribution in [3.63, 3.8) is 0 Å². The van der Waals surface area contributed by atoms with Gasteiger partial charge >= 0.3 is 0 Å². The second kappa shape index (κ2) is 9.96. The van der Waals surface area contributed by atoms with Crippen molar-refractivity contribution in [2.75, 3.05) is 18.2 Å². The maximum Gasteiger partial charge on any atom is 0.234 e. The Kier molecular flexibility index (Phi) is 7.66. The summed E-state index contributed by atoms with van der Waals surface area (Å²) < 4.78 is 7.05. The molecule has 0 atom stereocenters. The van der Waals surface area contributed by atoms with Crippen molar-refractivity contribution in [1.82, 2.24) is 14.8 Å². The normalized spacial score (nSPS) is 10.8. The molecule has 0 aliphatic carbocycles. The zero-order chi connectivity index (χ0) is 19.8. The number of thioether (sulfide) groups is 1. The molecule has 0 saturated carbocycles. The molecule has 9 heteroatoms. The topological polar surface area (TPSA) is 112 Å². The third-order valence-corrected chi connectivity index (χ3v) is 4.61. The standard InChI is InChI=1S/C18H25N5O3S/c1-12(2)10-23-16(9-8-15(19)24)21-22-18(23)27-11-17(25)20-13-4-6-14(26-3)7-5-13/h4-7,12H,8-11H2,1-3H3,(H2,19,24)(H,20,25). The minimum atomic E-state index is -0.373. The van der Waals surface area contributed by atoms with Crippen LogP contribution < -0.4 is 15.8 Å². The van der Waals surface area contributed by atoms with Crippen molar-refractivity contribution in [2.45, 2.75) is 38.4 Å². The van der Waals surface area contributed by atoms with Gasteiger partial charge < -0.3 is 20.4 Å². The average Bonchev–Trinajstić information content (AvgIpc) is 3.00. The third-order valence-electron chi connectivity index (χ3n) is 3.64. The van der Waals surface area contributed by atoms with Gasteiger partial charge in [-0.1, -0.05) is 25.6 Å². The van der Waals surface area contributed by atoms with E-state index >= 15 is 0 Å². The molecule has 0 bridgehead atoms. The Bertz CT molecular complexity index is 774. The third kappa shape index (κ3) is 6.59. The molecule has 2 aromatic rings. The molecule has 2 rings (SSSR count). The molecule has 0 unspecified atom stereocenters. The molecule has 0 aliphatic heterocycles. The van der Waals surface area contributed by atoms with Crippen molar-refractivity contribution in [1.29, 1.82) is 0 Å². The molecule has 1 aromatic carbocycles. The molecule has 146 valence electrons. The number of nitrogens with one attached hydrogen (secondary N) is 1. The molecular formula is C18H25N5O3S. The van der Waals surface area contributed by atoms with Crippen molar-refractivity contribution >= 4 is 29.3 Å². The first-order valence-electron chi connectivity index (χ1n) is 8.66. The molecule has 2 amide bonds. The summed E-state index contributed by atoms with van der Waals surface area (Å²) in [6, 6.07) is 7.13. The fraction of sp³-hybridized carbons (Fsp3) is 0.444. The first-order chi connectivity index (χ1) is 12.9. The molecule has 1 aromatic heterocycles. The Morgan fingerprint density at radius 2 is 1.96 bits per heavy atom. The summed E-state index contributed by atoms with van der Waals surface area (Å²) in [6.45, 7) is 4.88. The predicted octanol–water partition coefficient (Wildman–Crippen LogP) is 2.09. The predicted molar refractivity (Wildman–Crippen MR) is 105 cm³/mol. The summed E-state index contributed by atoms with van der Waals surface area (Å²) in [4.78, 5) is 23.3. The smallest absolute Gasteiger partial charge is 0.234 e. The number of aryl methyl sites for hydroxylation is 1. The number of ether oxygens (including phenoxy) is 1. The number of nitrogens with two attached hydrogens (primary N) is 1. The van der Waals surface area contributed by atoms with Gasteiger partial charge in [-0.05, 0) is 30.2 Å². The van der Waals surface area contributed by atoms with Crippen molar-refractivity contribution in [2.24, 2.45) is 11.7 Å². The first kappa shape index (κ1) is 20.8. The number of hydrogen-bond donors (Lipinski definition) is 2. The second-order valence-electron chi connectivity index (χ2n) is 6.43. The van der Waals surface area contributed by atoms with Gasteiger partial charge in [0.25, 0.3) is 0 Å². The van der Waals surface area contributed by atoms with Gasteiger partial charge in [-0.25, -0.2) is 0 Å². The molecule has 0 saturated heterocycles. The van der Waals surface area contributed by atoms with Crippen LogP contribution in [0.15, 0.2) is 29.4 Å². The second-order valence-corrected chi connectivity index (χ2v) is 7.38. The molecule has 3 N–H and O–H groups in total. The fourth-order valence-corrected chi connectivity index (χ4v) is 3.16. The van der Waals surface area contributed by atoms with Crippen LogP contribution in [0.2, 0.25) is 0 Å². The van der Waals surface area contributed by atoms with Crippen molar-refractivity contribution in [3.8, 4) is 5.75 Å².